The van der Waals surface area contributed by atoms with Crippen LogP contribution in [-0.4, -0.2) is 11.1 Å². The van der Waals surface area contributed by atoms with Gasteiger partial charge in [-0.1, -0.05) is 15.9 Å². The molecular weight excluding hydrogens is 376 g/mol. The van der Waals surface area contributed by atoms with E-state index in [0.717, 1.165) is 14.6 Å². The van der Waals surface area contributed by atoms with E-state index in [4.69, 9.17) is 10.8 Å². The minimum absolute atomic E-state index is 0.183. The number of halogens is 2. The van der Waals surface area contributed by atoms with Crippen molar-refractivity contribution in [1.29, 1.82) is 0 Å². The molecule has 19 heavy (non-hydrogen) atoms. The Morgan fingerprint density at radius 1 is 1.11 bits per heavy atom. The highest BCUT2D eigenvalue weighted by Gasteiger charge is 2.08. The van der Waals surface area contributed by atoms with E-state index in [1.165, 1.54) is 12.1 Å². The first-order chi connectivity index (χ1) is 8.97. The molecule has 2 aromatic rings. The SMILES string of the molecule is Nc1ccc(C(=O)O)cc1Nc1cc(Br)ccc1Br. The van der Waals surface area contributed by atoms with Gasteiger partial charge in [0.05, 0.1) is 22.6 Å². The second-order valence-electron chi connectivity index (χ2n) is 3.86. The molecule has 0 aliphatic rings. The molecule has 4 N–H and O–H groups in total. The second kappa shape index (κ2) is 5.63. The van der Waals surface area contributed by atoms with Gasteiger partial charge in [-0.25, -0.2) is 4.79 Å². The number of rotatable bonds is 3. The summed E-state index contributed by atoms with van der Waals surface area (Å²) in [7, 11) is 0. The summed E-state index contributed by atoms with van der Waals surface area (Å²) in [4.78, 5) is 11.0. The second-order valence-corrected chi connectivity index (χ2v) is 5.63. The first-order valence-corrected chi connectivity index (χ1v) is 6.91. The molecule has 2 aromatic carbocycles. The maximum atomic E-state index is 11.0. The molecule has 98 valence electrons. The van der Waals surface area contributed by atoms with Gasteiger partial charge in [-0.15, -0.1) is 0 Å². The van der Waals surface area contributed by atoms with Crippen LogP contribution in [0.4, 0.5) is 17.1 Å². The summed E-state index contributed by atoms with van der Waals surface area (Å²) in [5, 5.41) is 12.1. The molecule has 0 spiro atoms. The summed E-state index contributed by atoms with van der Waals surface area (Å²) in [6.45, 7) is 0. The molecular formula is C13H10Br2N2O2. The number of nitrogens with one attached hydrogen (secondary N) is 1. The van der Waals surface area contributed by atoms with Crippen molar-refractivity contribution in [2.24, 2.45) is 0 Å². The van der Waals surface area contributed by atoms with Gasteiger partial charge in [-0.05, 0) is 52.3 Å². The van der Waals surface area contributed by atoms with E-state index >= 15 is 0 Å². The predicted octanol–water partition coefficient (Wildman–Crippen LogP) is 4.24. The van der Waals surface area contributed by atoms with Crippen molar-refractivity contribution >= 4 is 54.9 Å². The smallest absolute Gasteiger partial charge is 0.335 e. The third kappa shape index (κ3) is 3.27. The third-order valence-corrected chi connectivity index (χ3v) is 3.68. The van der Waals surface area contributed by atoms with Crippen molar-refractivity contribution in [2.45, 2.75) is 0 Å². The van der Waals surface area contributed by atoms with Crippen LogP contribution >= 0.6 is 31.9 Å². The molecule has 0 aliphatic heterocycles. The van der Waals surface area contributed by atoms with Gasteiger partial charge in [0, 0.05) is 8.95 Å². The number of aromatic carboxylic acids is 1. The van der Waals surface area contributed by atoms with E-state index in [1.807, 2.05) is 18.2 Å². The number of benzene rings is 2. The Morgan fingerprint density at radius 2 is 1.84 bits per heavy atom. The maximum absolute atomic E-state index is 11.0. The minimum Gasteiger partial charge on any atom is -0.478 e. The highest BCUT2D eigenvalue weighted by Crippen LogP contribution is 2.31. The van der Waals surface area contributed by atoms with Crippen LogP contribution < -0.4 is 11.1 Å². The van der Waals surface area contributed by atoms with Gasteiger partial charge in [0.2, 0.25) is 0 Å². The molecule has 0 aromatic heterocycles. The van der Waals surface area contributed by atoms with Gasteiger partial charge in [0.25, 0.3) is 0 Å². The normalized spacial score (nSPS) is 10.2. The molecule has 4 nitrogen and oxygen atoms in total. The Balaban J connectivity index is 2.40. The summed E-state index contributed by atoms with van der Waals surface area (Å²) < 4.78 is 1.77. The first kappa shape index (κ1) is 13.9. The van der Waals surface area contributed by atoms with Gasteiger partial charge in [0.1, 0.15) is 0 Å². The average Bonchev–Trinajstić information content (AvgIpc) is 2.36. The summed E-state index contributed by atoms with van der Waals surface area (Å²) in [6.07, 6.45) is 0. The zero-order chi connectivity index (χ0) is 14.0. The van der Waals surface area contributed by atoms with Gasteiger partial charge < -0.3 is 16.2 Å². The van der Waals surface area contributed by atoms with E-state index in [-0.39, 0.29) is 5.56 Å². The van der Waals surface area contributed by atoms with E-state index in [9.17, 15) is 4.79 Å². The van der Waals surface area contributed by atoms with Gasteiger partial charge >= 0.3 is 5.97 Å². The molecule has 0 unspecified atom stereocenters. The Labute approximate surface area is 126 Å². The average molecular weight is 386 g/mol. The van der Waals surface area contributed by atoms with Crippen molar-refractivity contribution in [3.05, 3.63) is 50.9 Å². The quantitative estimate of drug-likeness (QED) is 0.691. The highest BCUT2D eigenvalue weighted by molar-refractivity contribution is 9.11. The van der Waals surface area contributed by atoms with E-state index in [1.54, 1.807) is 6.07 Å². The molecule has 0 atom stereocenters. The fourth-order valence-corrected chi connectivity index (χ4v) is 2.24. The summed E-state index contributed by atoms with van der Waals surface area (Å²) in [5.41, 5.74) is 7.86. The lowest BCUT2D eigenvalue weighted by atomic mass is 10.1. The zero-order valence-electron chi connectivity index (χ0n) is 9.65. The Kier molecular flexibility index (Phi) is 4.11. The molecule has 0 fully saturated rings. The molecule has 0 saturated heterocycles. The number of nitrogens with two attached hydrogens (primary N) is 1. The van der Waals surface area contributed by atoms with Crippen molar-refractivity contribution in [2.75, 3.05) is 11.1 Å². The van der Waals surface area contributed by atoms with Crippen LogP contribution in [0.1, 0.15) is 10.4 Å². The summed E-state index contributed by atoms with van der Waals surface area (Å²) in [6, 6.07) is 10.2. The topological polar surface area (TPSA) is 75.4 Å². The maximum Gasteiger partial charge on any atom is 0.335 e. The molecule has 0 saturated carbocycles. The van der Waals surface area contributed by atoms with Crippen LogP contribution in [0.5, 0.6) is 0 Å². The third-order valence-electron chi connectivity index (χ3n) is 2.50. The van der Waals surface area contributed by atoms with Crippen molar-refractivity contribution in [1.82, 2.24) is 0 Å². The fourth-order valence-electron chi connectivity index (χ4n) is 1.54. The Bertz CT molecular complexity index is 645. The van der Waals surface area contributed by atoms with Crippen LogP contribution in [-0.2, 0) is 0 Å². The number of carboxylic acid groups (broad SMARTS) is 1. The number of carboxylic acids is 1. The first-order valence-electron chi connectivity index (χ1n) is 5.32. The van der Waals surface area contributed by atoms with Crippen LogP contribution in [0.2, 0.25) is 0 Å². The molecule has 0 radical (unpaired) electrons. The summed E-state index contributed by atoms with van der Waals surface area (Å²) >= 11 is 6.80. The molecule has 0 heterocycles. The number of anilines is 3. The molecule has 0 aliphatic carbocycles. The van der Waals surface area contributed by atoms with Crippen LogP contribution in [0.3, 0.4) is 0 Å². The Morgan fingerprint density at radius 3 is 2.53 bits per heavy atom. The van der Waals surface area contributed by atoms with E-state index in [0.29, 0.717) is 11.4 Å². The standard InChI is InChI=1S/C13H10Br2N2O2/c14-8-2-3-9(15)11(6-8)17-12-5-7(13(18)19)1-4-10(12)16/h1-6,17H,16H2,(H,18,19). The lowest BCUT2D eigenvalue weighted by Crippen LogP contribution is -2.01. The van der Waals surface area contributed by atoms with Crippen LogP contribution in [0, 0.1) is 0 Å². The fraction of sp³-hybridized carbons (Fsp3) is 0. The number of nitrogen functional groups attached to an aromatic ring is 1. The van der Waals surface area contributed by atoms with Crippen LogP contribution in [0.15, 0.2) is 45.3 Å². The van der Waals surface area contributed by atoms with Gasteiger partial charge in [-0.3, -0.25) is 0 Å². The molecule has 2 rings (SSSR count). The molecule has 0 amide bonds. The number of carbonyl (C=O) groups is 1. The zero-order valence-corrected chi connectivity index (χ0v) is 12.8. The predicted molar refractivity (Wildman–Crippen MR) is 82.9 cm³/mol. The van der Waals surface area contributed by atoms with E-state index in [2.05, 4.69) is 37.2 Å². The van der Waals surface area contributed by atoms with Crippen molar-refractivity contribution in [3.8, 4) is 0 Å². The largest absolute Gasteiger partial charge is 0.478 e. The molecule has 6 heteroatoms. The molecule has 0 bridgehead atoms. The number of hydrogen-bond donors (Lipinski definition) is 3. The number of hydrogen-bond acceptors (Lipinski definition) is 3. The lowest BCUT2D eigenvalue weighted by Gasteiger charge is -2.12. The van der Waals surface area contributed by atoms with Crippen molar-refractivity contribution < 1.29 is 9.90 Å². The van der Waals surface area contributed by atoms with Crippen LogP contribution in [0.25, 0.3) is 0 Å². The van der Waals surface area contributed by atoms with E-state index < -0.39 is 5.97 Å². The van der Waals surface area contributed by atoms with Crippen molar-refractivity contribution in [3.63, 3.8) is 0 Å². The monoisotopic (exact) mass is 384 g/mol. The highest BCUT2D eigenvalue weighted by atomic mass is 79.9. The summed E-state index contributed by atoms with van der Waals surface area (Å²) in [5.74, 6) is -0.989. The Hall–Kier alpha value is -1.53. The van der Waals surface area contributed by atoms with Gasteiger partial charge in [-0.2, -0.15) is 0 Å². The van der Waals surface area contributed by atoms with Gasteiger partial charge in [0.15, 0.2) is 0 Å². The minimum atomic E-state index is -0.989. The lowest BCUT2D eigenvalue weighted by molar-refractivity contribution is 0.0697.